The molecule has 40 heavy (non-hydrogen) atoms. The second-order valence-electron chi connectivity index (χ2n) is 8.48. The maximum Gasteiger partial charge on any atom is 0.490 e. The summed E-state index contributed by atoms with van der Waals surface area (Å²) in [5.41, 5.74) is 8.70. The van der Waals surface area contributed by atoms with Gasteiger partial charge in [0.2, 0.25) is 0 Å². The second-order valence-corrected chi connectivity index (χ2v) is 12.9. The van der Waals surface area contributed by atoms with Gasteiger partial charge in [-0.15, -0.1) is 0 Å². The Hall–Kier alpha value is -2.60. The molecule has 8 N–H and O–H groups in total. The van der Waals surface area contributed by atoms with E-state index in [1.54, 1.807) is 34.9 Å². The molecule has 1 aliphatic heterocycles. The number of nitrogens with two attached hydrogens (primary N) is 1. The molecule has 0 bridgehead atoms. The van der Waals surface area contributed by atoms with E-state index in [1.165, 1.54) is 17.2 Å². The lowest BCUT2D eigenvalue weighted by molar-refractivity contribution is -0.0503. The number of aliphatic hydroxyl groups is 2. The number of phosphoric acid groups is 3. The topological polar surface area (TPSA) is 284 Å². The van der Waals surface area contributed by atoms with Crippen molar-refractivity contribution in [2.24, 2.45) is 0 Å². The molecular weight excluding hydrogens is 601 g/mol. The minimum atomic E-state index is -5.73. The van der Waals surface area contributed by atoms with Crippen LogP contribution in [0.15, 0.2) is 43.1 Å². The first-order valence-electron chi connectivity index (χ1n) is 11.0. The molecule has 0 radical (unpaired) electrons. The first-order valence-corrected chi connectivity index (χ1v) is 15.5. The molecule has 19 nitrogen and oxygen atoms in total. The van der Waals surface area contributed by atoms with Crippen LogP contribution in [0.1, 0.15) is 6.23 Å². The van der Waals surface area contributed by atoms with Crippen LogP contribution in [0.4, 0.5) is 5.69 Å². The van der Waals surface area contributed by atoms with E-state index in [-0.39, 0.29) is 5.65 Å². The highest BCUT2D eigenvalue weighted by Crippen LogP contribution is 2.66. The van der Waals surface area contributed by atoms with E-state index in [4.69, 9.17) is 20.3 Å². The number of rotatable bonds is 9. The fourth-order valence-corrected chi connectivity index (χ4v) is 6.99. The third kappa shape index (κ3) is 6.02. The summed E-state index contributed by atoms with van der Waals surface area (Å²) in [5.74, 6) is 0. The monoisotopic (exact) mass is 622 g/mol. The highest BCUT2D eigenvalue weighted by Gasteiger charge is 2.47. The summed E-state index contributed by atoms with van der Waals surface area (Å²) >= 11 is 0. The van der Waals surface area contributed by atoms with Gasteiger partial charge < -0.3 is 40.3 Å². The SMILES string of the molecule is Nc1ccc(-c2cn3cnc4c(ncn4[C@@H]4O[C@H](COP(=O)(O)OP(=O)(O)OP(=O)(O)O)[C@@H](O)[C@H]4O)c3n2)cc1. The van der Waals surface area contributed by atoms with Crippen LogP contribution in [0.2, 0.25) is 0 Å². The summed E-state index contributed by atoms with van der Waals surface area (Å²) in [6.07, 6.45) is -1.63. The van der Waals surface area contributed by atoms with Crippen LogP contribution >= 0.6 is 23.5 Å². The van der Waals surface area contributed by atoms with Crippen LogP contribution < -0.4 is 5.73 Å². The maximum atomic E-state index is 12.0. The number of ether oxygens (including phenoxy) is 1. The van der Waals surface area contributed by atoms with Gasteiger partial charge in [0, 0.05) is 17.4 Å². The molecule has 2 unspecified atom stereocenters. The maximum absolute atomic E-state index is 12.0. The Kier molecular flexibility index (Phi) is 7.48. The van der Waals surface area contributed by atoms with Gasteiger partial charge in [0.05, 0.1) is 18.6 Å². The van der Waals surface area contributed by atoms with Crippen LogP contribution in [0.3, 0.4) is 0 Å². The van der Waals surface area contributed by atoms with Crippen LogP contribution in [0.25, 0.3) is 28.1 Å². The lowest BCUT2D eigenvalue weighted by Crippen LogP contribution is -2.33. The Labute approximate surface area is 222 Å². The van der Waals surface area contributed by atoms with Gasteiger partial charge in [-0.1, -0.05) is 12.1 Å². The van der Waals surface area contributed by atoms with E-state index in [0.717, 1.165) is 5.56 Å². The smallest absolute Gasteiger partial charge is 0.399 e. The number of nitrogens with zero attached hydrogens (tertiary/aromatic N) is 5. The number of hydrogen-bond acceptors (Lipinski definition) is 13. The number of phosphoric ester groups is 1. The van der Waals surface area contributed by atoms with Gasteiger partial charge in [-0.25, -0.2) is 28.6 Å². The molecule has 4 heterocycles. The van der Waals surface area contributed by atoms with Gasteiger partial charge in [-0.2, -0.15) is 8.62 Å². The number of fused-ring (bicyclic) bond motifs is 3. The van der Waals surface area contributed by atoms with Crippen LogP contribution in [-0.4, -0.2) is 78.6 Å². The number of aromatic nitrogens is 5. The Morgan fingerprint density at radius 3 is 2.30 bits per heavy atom. The molecule has 22 heteroatoms. The largest absolute Gasteiger partial charge is 0.490 e. The van der Waals surface area contributed by atoms with Crippen molar-refractivity contribution in [3.8, 4) is 11.3 Å². The number of imidazole rings is 2. The predicted octanol–water partition coefficient (Wildman–Crippen LogP) is 0.291. The quantitative estimate of drug-likeness (QED) is 0.0975. The van der Waals surface area contributed by atoms with E-state index in [9.17, 15) is 33.7 Å². The molecule has 6 atom stereocenters. The van der Waals surface area contributed by atoms with Gasteiger partial charge in [0.1, 0.15) is 24.6 Å². The Bertz CT molecular complexity index is 1700. The van der Waals surface area contributed by atoms with E-state index in [0.29, 0.717) is 22.5 Å². The number of benzene rings is 1. The summed E-state index contributed by atoms with van der Waals surface area (Å²) in [7, 11) is -16.8. The van der Waals surface area contributed by atoms with E-state index < -0.39 is 54.6 Å². The standard InChI is InChI=1S/C18H21N6O13P3/c19-10-3-1-9(2-4-10)11-5-23-7-21-16-13(17(23)22-11)20-8-24(16)18-15(26)14(25)12(35-18)6-34-39(30,31)37-40(32,33)36-38(27,28)29/h1-5,7-8,12,14-15,18,25-26H,6,19H2,(H,30,31)(H,32,33)(H2,27,28,29)/t12-,14-,15-,18-/m1/s1. The number of hydrogen-bond donors (Lipinski definition) is 7. The normalized spacial score (nSPS) is 24.9. The van der Waals surface area contributed by atoms with Crippen molar-refractivity contribution in [3.63, 3.8) is 0 Å². The summed E-state index contributed by atoms with van der Waals surface area (Å²) in [6, 6.07) is 7.05. The van der Waals surface area contributed by atoms with Crippen molar-refractivity contribution in [2.75, 3.05) is 12.3 Å². The zero-order valence-corrected chi connectivity index (χ0v) is 22.4. The molecule has 1 saturated heterocycles. The molecule has 0 amide bonds. The third-order valence-electron chi connectivity index (χ3n) is 5.65. The van der Waals surface area contributed by atoms with Crippen molar-refractivity contribution in [1.82, 2.24) is 23.9 Å². The van der Waals surface area contributed by atoms with Crippen molar-refractivity contribution < 1.29 is 61.4 Å². The molecule has 1 aliphatic rings. The van der Waals surface area contributed by atoms with Gasteiger partial charge in [0.25, 0.3) is 0 Å². The number of nitrogen functional groups attached to an aromatic ring is 1. The second kappa shape index (κ2) is 10.3. The fraction of sp³-hybridized carbons (Fsp3) is 0.278. The molecule has 1 aromatic carbocycles. The van der Waals surface area contributed by atoms with Crippen molar-refractivity contribution in [1.29, 1.82) is 0 Å². The molecule has 1 fully saturated rings. The number of anilines is 1. The number of aliphatic hydroxyl groups excluding tert-OH is 2. The highest BCUT2D eigenvalue weighted by atomic mass is 31.3. The molecule has 0 aliphatic carbocycles. The summed E-state index contributed by atoms with van der Waals surface area (Å²) in [5, 5.41) is 21.0. The Balaban J connectivity index is 1.33. The van der Waals surface area contributed by atoms with Crippen molar-refractivity contribution >= 4 is 46.0 Å². The molecule has 5 rings (SSSR count). The molecule has 0 spiro atoms. The minimum Gasteiger partial charge on any atom is -0.399 e. The highest BCUT2D eigenvalue weighted by molar-refractivity contribution is 7.66. The zero-order valence-electron chi connectivity index (χ0n) is 19.8. The van der Waals surface area contributed by atoms with Crippen LogP contribution in [-0.2, 0) is 31.6 Å². The summed E-state index contributed by atoms with van der Waals surface area (Å²) < 4.78 is 54.5. The molecule has 3 aromatic heterocycles. The fourth-order valence-electron chi connectivity index (χ4n) is 3.96. The van der Waals surface area contributed by atoms with Gasteiger partial charge >= 0.3 is 23.5 Å². The minimum absolute atomic E-state index is 0.215. The van der Waals surface area contributed by atoms with Gasteiger partial charge in [0.15, 0.2) is 23.0 Å². The Morgan fingerprint density at radius 1 is 0.925 bits per heavy atom. The molecule has 216 valence electrons. The average Bonchev–Trinajstić information content (AvgIpc) is 3.52. The molecule has 4 aromatic rings. The summed E-state index contributed by atoms with van der Waals surface area (Å²) in [6.45, 7) is -0.964. The van der Waals surface area contributed by atoms with Gasteiger partial charge in [-0.05, 0) is 12.1 Å². The summed E-state index contributed by atoms with van der Waals surface area (Å²) in [4.78, 5) is 49.3. The van der Waals surface area contributed by atoms with E-state index in [2.05, 4.69) is 28.1 Å². The first kappa shape index (κ1) is 28.9. The van der Waals surface area contributed by atoms with Gasteiger partial charge in [-0.3, -0.25) is 13.5 Å². The predicted molar refractivity (Wildman–Crippen MR) is 132 cm³/mol. The lowest BCUT2D eigenvalue weighted by atomic mass is 10.1. The lowest BCUT2D eigenvalue weighted by Gasteiger charge is -2.19. The average molecular weight is 622 g/mol. The molecular formula is C18H21N6O13P3. The Morgan fingerprint density at radius 2 is 1.62 bits per heavy atom. The first-order chi connectivity index (χ1) is 18.6. The molecule has 0 saturated carbocycles. The third-order valence-corrected chi connectivity index (χ3v) is 9.45. The van der Waals surface area contributed by atoms with Crippen LogP contribution in [0, 0.1) is 0 Å². The van der Waals surface area contributed by atoms with E-state index in [1.807, 2.05) is 0 Å². The van der Waals surface area contributed by atoms with Crippen molar-refractivity contribution in [2.45, 2.75) is 24.5 Å². The van der Waals surface area contributed by atoms with E-state index >= 15 is 0 Å². The van der Waals surface area contributed by atoms with Crippen molar-refractivity contribution in [3.05, 3.63) is 43.1 Å². The van der Waals surface area contributed by atoms with Crippen LogP contribution in [0.5, 0.6) is 0 Å². The zero-order chi connectivity index (χ0) is 29.0.